The number of hydrogen-bond donors (Lipinski definition) is 2. The van der Waals surface area contributed by atoms with E-state index in [1.54, 1.807) is 54.6 Å². The van der Waals surface area contributed by atoms with Crippen LogP contribution in [-0.2, 0) is 0 Å². The fraction of sp³-hybridized carbons (Fsp3) is 0. The Labute approximate surface area is 170 Å². The maximum Gasteiger partial charge on any atom is 0.293 e. The lowest BCUT2D eigenvalue weighted by Crippen LogP contribution is -2.18. The molecule has 4 rings (SSSR count). The van der Waals surface area contributed by atoms with Crippen molar-refractivity contribution in [2.75, 3.05) is 10.6 Å². The normalized spacial score (nSPS) is 10.7. The van der Waals surface area contributed by atoms with E-state index in [4.69, 9.17) is 16.0 Å². The Kier molecular flexibility index (Phi) is 5.01. The highest BCUT2D eigenvalue weighted by Gasteiger charge is 2.23. The maximum absolute atomic E-state index is 14.0. The zero-order valence-electron chi connectivity index (χ0n) is 14.9. The fourth-order valence-corrected chi connectivity index (χ4v) is 3.00. The molecule has 0 atom stereocenters. The van der Waals surface area contributed by atoms with E-state index in [0.29, 0.717) is 21.7 Å². The third-order valence-electron chi connectivity index (χ3n) is 4.26. The van der Waals surface area contributed by atoms with E-state index in [1.807, 2.05) is 0 Å². The van der Waals surface area contributed by atoms with Crippen molar-refractivity contribution in [1.82, 2.24) is 0 Å². The quantitative estimate of drug-likeness (QED) is 0.453. The van der Waals surface area contributed by atoms with Gasteiger partial charge in [0.15, 0.2) is 0 Å². The molecule has 2 amide bonds. The van der Waals surface area contributed by atoms with E-state index in [-0.39, 0.29) is 17.0 Å². The molecule has 29 heavy (non-hydrogen) atoms. The third-order valence-corrected chi connectivity index (χ3v) is 4.51. The summed E-state index contributed by atoms with van der Waals surface area (Å²) in [6.45, 7) is 0. The molecule has 144 valence electrons. The number of hydrogen-bond acceptors (Lipinski definition) is 3. The number of rotatable bonds is 4. The van der Waals surface area contributed by atoms with E-state index in [0.717, 1.165) is 0 Å². The SMILES string of the molecule is O=C(Nc1c(C(=O)Nc2ccc(Cl)cc2)oc2ccccc12)c1ccccc1F. The van der Waals surface area contributed by atoms with Crippen LogP contribution >= 0.6 is 11.6 Å². The van der Waals surface area contributed by atoms with Gasteiger partial charge in [0.05, 0.1) is 5.56 Å². The molecule has 7 heteroatoms. The van der Waals surface area contributed by atoms with E-state index in [9.17, 15) is 14.0 Å². The molecule has 0 bridgehead atoms. The van der Waals surface area contributed by atoms with Gasteiger partial charge in [-0.05, 0) is 48.5 Å². The predicted octanol–water partition coefficient (Wildman–Crippen LogP) is 5.73. The lowest BCUT2D eigenvalue weighted by atomic mass is 10.1. The van der Waals surface area contributed by atoms with Gasteiger partial charge in [-0.2, -0.15) is 0 Å². The zero-order valence-corrected chi connectivity index (χ0v) is 15.7. The lowest BCUT2D eigenvalue weighted by molar-refractivity contribution is 0.0999. The first-order valence-electron chi connectivity index (χ1n) is 8.67. The zero-order chi connectivity index (χ0) is 20.4. The Hall–Kier alpha value is -3.64. The van der Waals surface area contributed by atoms with Gasteiger partial charge in [-0.3, -0.25) is 9.59 Å². The number of fused-ring (bicyclic) bond motifs is 1. The van der Waals surface area contributed by atoms with Crippen molar-refractivity contribution in [1.29, 1.82) is 0 Å². The van der Waals surface area contributed by atoms with Gasteiger partial charge in [-0.15, -0.1) is 0 Å². The summed E-state index contributed by atoms with van der Waals surface area (Å²) < 4.78 is 19.7. The second-order valence-electron chi connectivity index (χ2n) is 6.20. The van der Waals surface area contributed by atoms with Gasteiger partial charge in [0.25, 0.3) is 11.8 Å². The molecule has 0 saturated heterocycles. The van der Waals surface area contributed by atoms with Gasteiger partial charge in [0.1, 0.15) is 17.1 Å². The number of nitrogens with one attached hydrogen (secondary N) is 2. The molecule has 0 aliphatic heterocycles. The molecule has 1 heterocycles. The second-order valence-corrected chi connectivity index (χ2v) is 6.63. The predicted molar refractivity (Wildman–Crippen MR) is 110 cm³/mol. The van der Waals surface area contributed by atoms with Crippen LogP contribution in [0.4, 0.5) is 15.8 Å². The first-order valence-corrected chi connectivity index (χ1v) is 9.05. The molecule has 5 nitrogen and oxygen atoms in total. The van der Waals surface area contributed by atoms with Crippen molar-refractivity contribution >= 4 is 45.8 Å². The summed E-state index contributed by atoms with van der Waals surface area (Å²) in [5.41, 5.74) is 0.950. The molecule has 0 aliphatic rings. The molecule has 0 saturated carbocycles. The van der Waals surface area contributed by atoms with E-state index < -0.39 is 17.6 Å². The monoisotopic (exact) mass is 408 g/mol. The van der Waals surface area contributed by atoms with Crippen molar-refractivity contribution in [3.63, 3.8) is 0 Å². The van der Waals surface area contributed by atoms with Gasteiger partial charge >= 0.3 is 0 Å². The smallest absolute Gasteiger partial charge is 0.293 e. The number of para-hydroxylation sites is 1. The summed E-state index contributed by atoms with van der Waals surface area (Å²) in [5.74, 6) is -2.00. The Morgan fingerprint density at radius 2 is 1.52 bits per heavy atom. The van der Waals surface area contributed by atoms with Crippen LogP contribution in [0.15, 0.2) is 77.2 Å². The van der Waals surface area contributed by atoms with Gasteiger partial charge in [-0.25, -0.2) is 4.39 Å². The number of anilines is 2. The number of furan rings is 1. The average molecular weight is 409 g/mol. The first-order chi connectivity index (χ1) is 14.0. The van der Waals surface area contributed by atoms with E-state index in [1.165, 1.54) is 18.2 Å². The highest BCUT2D eigenvalue weighted by molar-refractivity contribution is 6.30. The Bertz CT molecular complexity index is 1220. The minimum Gasteiger partial charge on any atom is -0.449 e. The number of carbonyl (C=O) groups is 2. The van der Waals surface area contributed by atoms with Crippen LogP contribution in [0.2, 0.25) is 5.02 Å². The number of carbonyl (C=O) groups excluding carboxylic acids is 2. The Morgan fingerprint density at radius 1 is 0.828 bits per heavy atom. The molecule has 0 radical (unpaired) electrons. The van der Waals surface area contributed by atoms with Gasteiger partial charge < -0.3 is 15.1 Å². The largest absolute Gasteiger partial charge is 0.449 e. The van der Waals surface area contributed by atoms with Gasteiger partial charge in [0, 0.05) is 16.1 Å². The van der Waals surface area contributed by atoms with Crippen molar-refractivity contribution in [2.24, 2.45) is 0 Å². The minimum absolute atomic E-state index is 0.0918. The van der Waals surface area contributed by atoms with E-state index >= 15 is 0 Å². The molecular weight excluding hydrogens is 395 g/mol. The average Bonchev–Trinajstić information content (AvgIpc) is 3.08. The number of amides is 2. The highest BCUT2D eigenvalue weighted by atomic mass is 35.5. The van der Waals surface area contributed by atoms with Crippen LogP contribution in [-0.4, -0.2) is 11.8 Å². The van der Waals surface area contributed by atoms with Crippen molar-refractivity contribution in [3.8, 4) is 0 Å². The second kappa shape index (κ2) is 7.77. The summed E-state index contributed by atoms with van der Waals surface area (Å²) in [5, 5.41) is 6.36. The molecule has 0 aliphatic carbocycles. The van der Waals surface area contributed by atoms with Crippen molar-refractivity contribution in [3.05, 3.63) is 95.0 Å². The third kappa shape index (κ3) is 3.83. The van der Waals surface area contributed by atoms with Crippen LogP contribution in [0.25, 0.3) is 11.0 Å². The van der Waals surface area contributed by atoms with Crippen LogP contribution in [0.1, 0.15) is 20.9 Å². The first kappa shape index (κ1) is 18.7. The standard InChI is InChI=1S/C22H14ClFN2O3/c23-13-9-11-14(12-10-13)25-22(28)20-19(16-6-2-4-8-18(16)29-20)26-21(27)15-5-1-3-7-17(15)24/h1-12H,(H,25,28)(H,26,27). The molecule has 3 aromatic carbocycles. The molecule has 2 N–H and O–H groups in total. The summed E-state index contributed by atoms with van der Waals surface area (Å²) in [4.78, 5) is 25.4. The highest BCUT2D eigenvalue weighted by Crippen LogP contribution is 2.32. The van der Waals surface area contributed by atoms with Crippen LogP contribution in [0, 0.1) is 5.82 Å². The topological polar surface area (TPSA) is 71.3 Å². The molecule has 0 spiro atoms. The Balaban J connectivity index is 1.71. The van der Waals surface area contributed by atoms with Crippen LogP contribution in [0.3, 0.4) is 0 Å². The van der Waals surface area contributed by atoms with Gasteiger partial charge in [-0.1, -0.05) is 35.9 Å². The summed E-state index contributed by atoms with van der Waals surface area (Å²) in [6, 6.07) is 19.0. The molecule has 0 fully saturated rings. The van der Waals surface area contributed by atoms with Crippen molar-refractivity contribution < 1.29 is 18.4 Å². The van der Waals surface area contributed by atoms with Gasteiger partial charge in [0.2, 0.25) is 5.76 Å². The van der Waals surface area contributed by atoms with Crippen molar-refractivity contribution in [2.45, 2.75) is 0 Å². The van der Waals surface area contributed by atoms with Crippen LogP contribution in [0.5, 0.6) is 0 Å². The Morgan fingerprint density at radius 3 is 2.28 bits per heavy atom. The summed E-state index contributed by atoms with van der Waals surface area (Å²) in [6.07, 6.45) is 0. The summed E-state index contributed by atoms with van der Waals surface area (Å²) in [7, 11) is 0. The lowest BCUT2D eigenvalue weighted by Gasteiger charge is -2.08. The molecule has 0 unspecified atom stereocenters. The molecule has 1 aromatic heterocycles. The molecular formula is C22H14ClFN2O3. The minimum atomic E-state index is -0.685. The summed E-state index contributed by atoms with van der Waals surface area (Å²) >= 11 is 5.86. The molecule has 4 aromatic rings. The maximum atomic E-state index is 14.0. The number of benzene rings is 3. The number of halogens is 2. The van der Waals surface area contributed by atoms with Crippen LogP contribution < -0.4 is 10.6 Å². The van der Waals surface area contributed by atoms with E-state index in [2.05, 4.69) is 10.6 Å². The fourth-order valence-electron chi connectivity index (χ4n) is 2.88.